The normalized spacial score (nSPS) is 30.1. The molecule has 3 atom stereocenters. The third-order valence-electron chi connectivity index (χ3n) is 3.01. The van der Waals surface area contributed by atoms with Crippen LogP contribution >= 0.6 is 15.9 Å². The van der Waals surface area contributed by atoms with Crippen molar-refractivity contribution in [3.8, 4) is 0 Å². The Morgan fingerprint density at radius 1 is 1.56 bits per heavy atom. The van der Waals surface area contributed by atoms with Gasteiger partial charge in [0.2, 0.25) is 12.8 Å². The van der Waals surface area contributed by atoms with Crippen LogP contribution in [0.2, 0.25) is 0 Å². The minimum absolute atomic E-state index is 0.302. The molecule has 0 saturated carbocycles. The van der Waals surface area contributed by atoms with Crippen molar-refractivity contribution in [3.63, 3.8) is 0 Å². The first-order valence-electron chi connectivity index (χ1n) is 5.68. The number of nitro groups is 1. The van der Waals surface area contributed by atoms with Gasteiger partial charge in [0.25, 0.3) is 0 Å². The monoisotopic (exact) mass is 323 g/mol. The number of esters is 1. The fourth-order valence-corrected chi connectivity index (χ4v) is 2.50. The van der Waals surface area contributed by atoms with Gasteiger partial charge < -0.3 is 9.47 Å². The zero-order chi connectivity index (χ0) is 14.1. The third kappa shape index (κ3) is 3.00. The molecule has 6 nitrogen and oxygen atoms in total. The molecular formula is C11H18BrNO5. The van der Waals surface area contributed by atoms with Gasteiger partial charge in [-0.25, -0.2) is 4.79 Å². The number of hydrogen-bond acceptors (Lipinski definition) is 5. The largest absolute Gasteiger partial charge is 0.433 e. The maximum Gasteiger partial charge on any atom is 0.341 e. The zero-order valence-corrected chi connectivity index (χ0v) is 12.5. The van der Waals surface area contributed by atoms with E-state index in [1.807, 2.05) is 20.8 Å². The van der Waals surface area contributed by atoms with E-state index in [2.05, 4.69) is 15.9 Å². The number of nitrogens with zero attached hydrogens (tertiary/aromatic N) is 1. The Morgan fingerprint density at radius 3 is 2.44 bits per heavy atom. The van der Waals surface area contributed by atoms with Crippen molar-refractivity contribution in [1.82, 2.24) is 0 Å². The summed E-state index contributed by atoms with van der Waals surface area (Å²) in [6.45, 7) is 6.86. The summed E-state index contributed by atoms with van der Waals surface area (Å²) < 4.78 is 10.9. The number of carbonyl (C=O) groups is 1. The Morgan fingerprint density at radius 2 is 2.11 bits per heavy atom. The van der Waals surface area contributed by atoms with Gasteiger partial charge in [0.1, 0.15) is 0 Å². The first kappa shape index (κ1) is 15.4. The van der Waals surface area contributed by atoms with Gasteiger partial charge in [-0.3, -0.25) is 10.1 Å². The molecule has 0 aromatic heterocycles. The van der Waals surface area contributed by atoms with E-state index in [0.717, 1.165) is 0 Å². The molecule has 1 heterocycles. The number of ether oxygens (including phenoxy) is 2. The lowest BCUT2D eigenvalue weighted by atomic mass is 9.90. The average Bonchev–Trinajstić information content (AvgIpc) is 2.52. The van der Waals surface area contributed by atoms with Crippen LogP contribution in [-0.4, -0.2) is 34.7 Å². The number of hydrogen-bond donors (Lipinski definition) is 0. The zero-order valence-electron chi connectivity index (χ0n) is 10.9. The molecule has 0 aromatic rings. The molecule has 1 aliphatic heterocycles. The summed E-state index contributed by atoms with van der Waals surface area (Å²) in [6, 6.07) is 0. The van der Waals surface area contributed by atoms with Crippen molar-refractivity contribution in [1.29, 1.82) is 0 Å². The van der Waals surface area contributed by atoms with E-state index in [1.165, 1.54) is 0 Å². The van der Waals surface area contributed by atoms with E-state index >= 15 is 0 Å². The lowest BCUT2D eigenvalue weighted by Crippen LogP contribution is -2.46. The summed E-state index contributed by atoms with van der Waals surface area (Å²) >= 11 is 3.20. The SMILES string of the molecule is CC(C)(C)C1OC(=O)C(C)(C(CBr)C[N+](=O)[O-])O1. The van der Waals surface area contributed by atoms with E-state index in [4.69, 9.17) is 9.47 Å². The molecule has 0 bridgehead atoms. The van der Waals surface area contributed by atoms with E-state index in [1.54, 1.807) is 6.92 Å². The second-order valence-corrected chi connectivity index (χ2v) is 6.34. The fraction of sp³-hybridized carbons (Fsp3) is 0.909. The molecule has 0 aliphatic carbocycles. The molecule has 0 spiro atoms. The molecule has 1 fully saturated rings. The van der Waals surface area contributed by atoms with Crippen LogP contribution in [0.4, 0.5) is 0 Å². The Kier molecular flexibility index (Phi) is 4.38. The summed E-state index contributed by atoms with van der Waals surface area (Å²) in [4.78, 5) is 22.1. The molecule has 0 aromatic carbocycles. The third-order valence-corrected chi connectivity index (χ3v) is 3.79. The predicted octanol–water partition coefficient (Wildman–Crippen LogP) is 1.98. The molecule has 104 valence electrons. The standard InChI is InChI=1S/C11H18BrNO5/c1-10(2,3)9-17-8(14)11(4,18-9)7(5-12)6-13(15)16/h7,9H,5-6H2,1-4H3. The fourth-order valence-electron chi connectivity index (χ4n) is 1.68. The van der Waals surface area contributed by atoms with Crippen LogP contribution in [0.15, 0.2) is 0 Å². The van der Waals surface area contributed by atoms with Crippen molar-refractivity contribution < 1.29 is 19.2 Å². The maximum atomic E-state index is 11.9. The lowest BCUT2D eigenvalue weighted by molar-refractivity contribution is -0.490. The van der Waals surface area contributed by atoms with Gasteiger partial charge in [-0.2, -0.15) is 0 Å². The number of alkyl halides is 1. The van der Waals surface area contributed by atoms with Crippen LogP contribution in [0, 0.1) is 21.4 Å². The van der Waals surface area contributed by atoms with E-state index in [0.29, 0.717) is 5.33 Å². The highest BCUT2D eigenvalue weighted by Gasteiger charge is 2.55. The van der Waals surface area contributed by atoms with Gasteiger partial charge in [-0.05, 0) is 6.92 Å². The first-order valence-corrected chi connectivity index (χ1v) is 6.80. The Labute approximate surface area is 114 Å². The summed E-state index contributed by atoms with van der Waals surface area (Å²) in [6.07, 6.45) is -0.677. The second kappa shape index (κ2) is 5.13. The van der Waals surface area contributed by atoms with Crippen molar-refractivity contribution >= 4 is 21.9 Å². The molecule has 3 unspecified atom stereocenters. The minimum atomic E-state index is -1.27. The maximum absolute atomic E-state index is 11.9. The molecule has 1 rings (SSSR count). The summed E-state index contributed by atoms with van der Waals surface area (Å²) in [5.74, 6) is -1.10. The molecule has 1 aliphatic rings. The van der Waals surface area contributed by atoms with Crippen LogP contribution in [0.25, 0.3) is 0 Å². The molecule has 7 heteroatoms. The average molecular weight is 324 g/mol. The van der Waals surface area contributed by atoms with E-state index < -0.39 is 28.7 Å². The van der Waals surface area contributed by atoms with Gasteiger partial charge in [-0.15, -0.1) is 0 Å². The molecule has 1 saturated heterocycles. The second-order valence-electron chi connectivity index (χ2n) is 5.69. The van der Waals surface area contributed by atoms with Gasteiger partial charge in [0, 0.05) is 15.7 Å². The van der Waals surface area contributed by atoms with Crippen molar-refractivity contribution in [2.24, 2.45) is 11.3 Å². The van der Waals surface area contributed by atoms with Gasteiger partial charge in [0.05, 0.1) is 5.92 Å². The number of rotatable bonds is 4. The number of carbonyl (C=O) groups excluding carboxylic acids is 1. The first-order chi connectivity index (χ1) is 8.11. The molecule has 0 N–H and O–H groups in total. The lowest BCUT2D eigenvalue weighted by Gasteiger charge is -2.28. The van der Waals surface area contributed by atoms with Gasteiger partial charge in [-0.1, -0.05) is 36.7 Å². The van der Waals surface area contributed by atoms with Crippen LogP contribution < -0.4 is 0 Å². The van der Waals surface area contributed by atoms with Crippen LogP contribution in [0.5, 0.6) is 0 Å². The van der Waals surface area contributed by atoms with Crippen molar-refractivity contribution in [3.05, 3.63) is 10.1 Å². The van der Waals surface area contributed by atoms with E-state index in [9.17, 15) is 14.9 Å². The summed E-state index contributed by atoms with van der Waals surface area (Å²) in [5.41, 5.74) is -1.63. The van der Waals surface area contributed by atoms with E-state index in [-0.39, 0.29) is 12.0 Å². The molecule has 0 amide bonds. The van der Waals surface area contributed by atoms with Crippen LogP contribution in [0.1, 0.15) is 27.7 Å². The summed E-state index contributed by atoms with van der Waals surface area (Å²) in [7, 11) is 0. The highest BCUT2D eigenvalue weighted by atomic mass is 79.9. The van der Waals surface area contributed by atoms with Crippen LogP contribution in [0.3, 0.4) is 0 Å². The van der Waals surface area contributed by atoms with Gasteiger partial charge >= 0.3 is 5.97 Å². The predicted molar refractivity (Wildman–Crippen MR) is 68.0 cm³/mol. The number of halogens is 1. The highest BCUT2D eigenvalue weighted by Crippen LogP contribution is 2.39. The van der Waals surface area contributed by atoms with Gasteiger partial charge in [0.15, 0.2) is 5.60 Å². The molecule has 0 radical (unpaired) electrons. The molecular weight excluding hydrogens is 306 g/mol. The topological polar surface area (TPSA) is 78.7 Å². The smallest absolute Gasteiger partial charge is 0.341 e. The Balaban J connectivity index is 2.92. The number of cyclic esters (lactones) is 1. The Hall–Kier alpha value is -0.690. The highest BCUT2D eigenvalue weighted by molar-refractivity contribution is 9.09. The Bertz CT molecular complexity index is 354. The summed E-state index contributed by atoms with van der Waals surface area (Å²) in [5, 5.41) is 10.9. The van der Waals surface area contributed by atoms with Crippen LogP contribution in [-0.2, 0) is 14.3 Å². The quantitative estimate of drug-likeness (QED) is 0.342. The minimum Gasteiger partial charge on any atom is -0.433 e. The van der Waals surface area contributed by atoms with Crippen molar-refractivity contribution in [2.75, 3.05) is 11.9 Å². The van der Waals surface area contributed by atoms with Crippen molar-refractivity contribution in [2.45, 2.75) is 39.6 Å². The molecule has 18 heavy (non-hydrogen) atoms.